The van der Waals surface area contributed by atoms with Crippen molar-refractivity contribution >= 4 is 6.09 Å². The minimum atomic E-state index is -4.57. The van der Waals surface area contributed by atoms with Crippen LogP contribution in [0.1, 0.15) is 51.1 Å². The van der Waals surface area contributed by atoms with E-state index < -0.39 is 18.4 Å². The molecule has 1 aliphatic heterocycles. The maximum Gasteiger partial charge on any atom is 0.425 e. The van der Waals surface area contributed by atoms with E-state index in [-0.39, 0.29) is 29.9 Å². The largest absolute Gasteiger partial charge is 0.472 e. The van der Waals surface area contributed by atoms with Crippen LogP contribution in [0.4, 0.5) is 18.0 Å². The summed E-state index contributed by atoms with van der Waals surface area (Å²) in [6.07, 6.45) is -0.556. The summed E-state index contributed by atoms with van der Waals surface area (Å²) in [5.41, 5.74) is 0.163. The van der Waals surface area contributed by atoms with Crippen LogP contribution in [-0.4, -0.2) is 64.6 Å². The molecule has 8 nitrogen and oxygen atoms in total. The fraction of sp³-hybridized carbons (Fsp3) is 0.700. The van der Waals surface area contributed by atoms with Crippen LogP contribution in [0, 0.1) is 11.3 Å². The summed E-state index contributed by atoms with van der Waals surface area (Å²) in [6.45, 7) is 1.42. The van der Waals surface area contributed by atoms with Crippen molar-refractivity contribution in [2.75, 3.05) is 13.1 Å². The van der Waals surface area contributed by atoms with Gasteiger partial charge in [-0.1, -0.05) is 0 Å². The lowest BCUT2D eigenvalue weighted by molar-refractivity contribution is -0.200. The van der Waals surface area contributed by atoms with E-state index in [4.69, 9.17) is 14.7 Å². The third-order valence-electron chi connectivity index (χ3n) is 5.49. The van der Waals surface area contributed by atoms with Gasteiger partial charge in [0.05, 0.1) is 12.2 Å². The highest BCUT2D eigenvalue weighted by molar-refractivity contribution is 5.68. The van der Waals surface area contributed by atoms with Crippen LogP contribution in [0.3, 0.4) is 0 Å². The minimum Gasteiger partial charge on any atom is -0.472 e. The van der Waals surface area contributed by atoms with Gasteiger partial charge in [-0.25, -0.2) is 14.8 Å². The van der Waals surface area contributed by atoms with Crippen molar-refractivity contribution in [1.82, 2.24) is 14.9 Å². The van der Waals surface area contributed by atoms with Gasteiger partial charge in [-0.05, 0) is 45.4 Å². The summed E-state index contributed by atoms with van der Waals surface area (Å²) >= 11 is 0. The van der Waals surface area contributed by atoms with Gasteiger partial charge >= 0.3 is 12.3 Å². The number of halogens is 3. The van der Waals surface area contributed by atoms with Crippen molar-refractivity contribution in [2.45, 2.75) is 76.0 Å². The Hall–Kier alpha value is -2.61. The van der Waals surface area contributed by atoms with Gasteiger partial charge in [-0.15, -0.1) is 0 Å². The number of hydrogen-bond acceptors (Lipinski definition) is 7. The highest BCUT2D eigenvalue weighted by atomic mass is 19.4. The predicted octanol–water partition coefficient (Wildman–Crippen LogP) is 3.61. The average molecular weight is 442 g/mol. The number of hydrogen-bond donors (Lipinski definition) is 0. The van der Waals surface area contributed by atoms with E-state index in [1.165, 1.54) is 17.3 Å². The third kappa shape index (κ3) is 6.43. The number of alkyl halides is 3. The lowest BCUT2D eigenvalue weighted by Crippen LogP contribution is -2.44. The number of likely N-dealkylation sites (tertiary alicyclic amines) is 1. The molecule has 3 rings (SSSR count). The SMILES string of the molecule is C[C@H](OC(=O)N1CCC(OC2CCC(Oc3nccnc3C#N)CC2)CC1)C(F)(F)F. The molecular weight excluding hydrogens is 417 g/mol. The Morgan fingerprint density at radius 3 is 2.29 bits per heavy atom. The Kier molecular flexibility index (Phi) is 7.54. The zero-order chi connectivity index (χ0) is 22.4. The lowest BCUT2D eigenvalue weighted by atomic mass is 9.94. The second kappa shape index (κ2) is 10.1. The quantitative estimate of drug-likeness (QED) is 0.687. The first kappa shape index (κ1) is 23.1. The topological polar surface area (TPSA) is 97.6 Å². The molecule has 1 aromatic heterocycles. The van der Waals surface area contributed by atoms with Crippen LogP contribution in [0.15, 0.2) is 12.4 Å². The number of carbonyl (C=O) groups is 1. The molecule has 2 heterocycles. The second-order valence-electron chi connectivity index (χ2n) is 7.73. The third-order valence-corrected chi connectivity index (χ3v) is 5.49. The standard InChI is InChI=1S/C20H25F3N4O4/c1-13(20(21,22)23)29-19(28)27-10-6-16(7-11-27)30-14-2-4-15(5-3-14)31-18-17(12-24)25-8-9-26-18/h8-9,13-16H,2-7,10-11H2,1H3/t13-,14?,15?/m0/s1. The molecule has 1 saturated carbocycles. The van der Waals surface area contributed by atoms with Crippen molar-refractivity contribution in [1.29, 1.82) is 5.26 Å². The number of ether oxygens (including phenoxy) is 3. The molecule has 0 N–H and O–H groups in total. The molecule has 0 radical (unpaired) electrons. The van der Waals surface area contributed by atoms with Crippen molar-refractivity contribution < 1.29 is 32.2 Å². The molecule has 0 aromatic carbocycles. The van der Waals surface area contributed by atoms with E-state index in [0.717, 1.165) is 32.6 Å². The van der Waals surface area contributed by atoms with Gasteiger partial charge < -0.3 is 19.1 Å². The van der Waals surface area contributed by atoms with E-state index in [1.54, 1.807) is 0 Å². The Bertz CT molecular complexity index is 785. The van der Waals surface area contributed by atoms with E-state index in [1.807, 2.05) is 6.07 Å². The highest BCUT2D eigenvalue weighted by Gasteiger charge is 2.40. The van der Waals surface area contributed by atoms with Gasteiger partial charge in [0.15, 0.2) is 6.10 Å². The lowest BCUT2D eigenvalue weighted by Gasteiger charge is -2.36. The van der Waals surface area contributed by atoms with E-state index in [9.17, 15) is 18.0 Å². The first-order valence-electron chi connectivity index (χ1n) is 10.3. The molecule has 1 amide bonds. The number of rotatable bonds is 5. The molecule has 1 aromatic rings. The van der Waals surface area contributed by atoms with Gasteiger partial charge in [0.25, 0.3) is 5.88 Å². The molecule has 2 aliphatic rings. The normalized spacial score (nSPS) is 23.6. The van der Waals surface area contributed by atoms with Crippen molar-refractivity contribution in [3.05, 3.63) is 18.1 Å². The summed E-state index contributed by atoms with van der Waals surface area (Å²) < 4.78 is 54.1. The summed E-state index contributed by atoms with van der Waals surface area (Å²) in [7, 11) is 0. The number of amides is 1. The number of piperidine rings is 1. The molecule has 0 spiro atoms. The number of carbonyl (C=O) groups excluding carboxylic acids is 1. The van der Waals surface area contributed by atoms with Gasteiger partial charge in [0.1, 0.15) is 12.2 Å². The van der Waals surface area contributed by atoms with Crippen LogP contribution in [0.2, 0.25) is 0 Å². The maximum atomic E-state index is 12.5. The number of nitriles is 1. The molecule has 0 bridgehead atoms. The minimum absolute atomic E-state index is 0.0447. The first-order valence-corrected chi connectivity index (χ1v) is 10.3. The molecule has 31 heavy (non-hydrogen) atoms. The van der Waals surface area contributed by atoms with Crippen LogP contribution >= 0.6 is 0 Å². The smallest absolute Gasteiger partial charge is 0.425 e. The molecular formula is C20H25F3N4O4. The summed E-state index contributed by atoms with van der Waals surface area (Å²) in [4.78, 5) is 21.2. The first-order chi connectivity index (χ1) is 14.8. The van der Waals surface area contributed by atoms with E-state index in [0.29, 0.717) is 25.9 Å². The van der Waals surface area contributed by atoms with Crippen LogP contribution in [0.25, 0.3) is 0 Å². The van der Waals surface area contributed by atoms with Crippen molar-refractivity contribution in [3.8, 4) is 11.9 Å². The molecule has 1 saturated heterocycles. The highest BCUT2D eigenvalue weighted by Crippen LogP contribution is 2.28. The summed E-state index contributed by atoms with van der Waals surface area (Å²) in [5.74, 6) is 0.244. The number of aromatic nitrogens is 2. The Balaban J connectivity index is 1.37. The summed E-state index contributed by atoms with van der Waals surface area (Å²) in [6, 6.07) is 1.96. The van der Waals surface area contributed by atoms with Gasteiger partial charge in [0, 0.05) is 25.5 Å². The monoisotopic (exact) mass is 442 g/mol. The zero-order valence-corrected chi connectivity index (χ0v) is 17.2. The Morgan fingerprint density at radius 2 is 1.68 bits per heavy atom. The van der Waals surface area contributed by atoms with E-state index >= 15 is 0 Å². The van der Waals surface area contributed by atoms with Gasteiger partial charge in [0.2, 0.25) is 5.69 Å². The fourth-order valence-electron chi connectivity index (χ4n) is 3.67. The maximum absolute atomic E-state index is 12.5. The molecule has 0 unspecified atom stereocenters. The number of nitrogens with zero attached hydrogens (tertiary/aromatic N) is 4. The van der Waals surface area contributed by atoms with Crippen LogP contribution < -0.4 is 4.74 Å². The average Bonchev–Trinajstić information content (AvgIpc) is 2.75. The molecule has 2 fully saturated rings. The van der Waals surface area contributed by atoms with E-state index in [2.05, 4.69) is 14.7 Å². The van der Waals surface area contributed by atoms with Gasteiger partial charge in [-0.3, -0.25) is 0 Å². The molecule has 1 aliphatic carbocycles. The van der Waals surface area contributed by atoms with Crippen molar-refractivity contribution in [3.63, 3.8) is 0 Å². The summed E-state index contributed by atoms with van der Waals surface area (Å²) in [5, 5.41) is 9.07. The van der Waals surface area contributed by atoms with Crippen LogP contribution in [0.5, 0.6) is 5.88 Å². The van der Waals surface area contributed by atoms with Gasteiger partial charge in [-0.2, -0.15) is 18.4 Å². The van der Waals surface area contributed by atoms with Crippen molar-refractivity contribution in [2.24, 2.45) is 0 Å². The predicted molar refractivity (Wildman–Crippen MR) is 101 cm³/mol. The molecule has 11 heteroatoms. The fourth-order valence-corrected chi connectivity index (χ4v) is 3.67. The zero-order valence-electron chi connectivity index (χ0n) is 17.2. The van der Waals surface area contributed by atoms with Crippen LogP contribution in [-0.2, 0) is 9.47 Å². The Labute approximate surface area is 178 Å². The second-order valence-corrected chi connectivity index (χ2v) is 7.73. The molecule has 1 atom stereocenters. The molecule has 170 valence electrons. The Morgan fingerprint density at radius 1 is 1.10 bits per heavy atom.